The normalized spacial score (nSPS) is 12.0. The SMILES string of the molecule is CCC(NC(=O)COc1ccc2ccccc2c1)c1ccc(C)cc1C. The Balaban J connectivity index is 1.63. The number of hydrogen-bond donors (Lipinski definition) is 1. The molecule has 0 radical (unpaired) electrons. The molecule has 3 aromatic carbocycles. The predicted molar refractivity (Wildman–Crippen MR) is 107 cm³/mol. The highest BCUT2D eigenvalue weighted by Gasteiger charge is 2.15. The monoisotopic (exact) mass is 347 g/mol. The van der Waals surface area contributed by atoms with E-state index in [1.54, 1.807) is 0 Å². The maximum Gasteiger partial charge on any atom is 0.258 e. The highest BCUT2D eigenvalue weighted by atomic mass is 16.5. The summed E-state index contributed by atoms with van der Waals surface area (Å²) in [5.41, 5.74) is 3.59. The van der Waals surface area contributed by atoms with E-state index in [0.29, 0.717) is 5.75 Å². The van der Waals surface area contributed by atoms with Gasteiger partial charge in [0.1, 0.15) is 5.75 Å². The molecule has 26 heavy (non-hydrogen) atoms. The average Bonchev–Trinajstić information content (AvgIpc) is 2.65. The number of fused-ring (bicyclic) bond motifs is 1. The van der Waals surface area contributed by atoms with Crippen molar-refractivity contribution in [2.45, 2.75) is 33.2 Å². The number of carbonyl (C=O) groups excluding carboxylic acids is 1. The Morgan fingerprint density at radius 1 is 1.00 bits per heavy atom. The summed E-state index contributed by atoms with van der Waals surface area (Å²) < 4.78 is 5.69. The van der Waals surface area contributed by atoms with Gasteiger partial charge in [0.25, 0.3) is 5.91 Å². The zero-order valence-electron chi connectivity index (χ0n) is 15.6. The molecule has 0 heterocycles. The van der Waals surface area contributed by atoms with Crippen LogP contribution in [0.2, 0.25) is 0 Å². The Labute approximate surface area is 155 Å². The van der Waals surface area contributed by atoms with Crippen molar-refractivity contribution in [2.24, 2.45) is 0 Å². The summed E-state index contributed by atoms with van der Waals surface area (Å²) in [4.78, 5) is 12.4. The minimum Gasteiger partial charge on any atom is -0.484 e. The van der Waals surface area contributed by atoms with Crippen molar-refractivity contribution in [3.05, 3.63) is 77.4 Å². The van der Waals surface area contributed by atoms with Gasteiger partial charge in [-0.25, -0.2) is 0 Å². The van der Waals surface area contributed by atoms with Crippen LogP contribution in [0, 0.1) is 13.8 Å². The van der Waals surface area contributed by atoms with Crippen LogP contribution in [-0.4, -0.2) is 12.5 Å². The van der Waals surface area contributed by atoms with Gasteiger partial charge < -0.3 is 10.1 Å². The minimum atomic E-state index is -0.106. The van der Waals surface area contributed by atoms with Crippen LogP contribution in [-0.2, 0) is 4.79 Å². The minimum absolute atomic E-state index is 0.00306. The Kier molecular flexibility index (Phi) is 5.57. The van der Waals surface area contributed by atoms with E-state index in [-0.39, 0.29) is 18.6 Å². The van der Waals surface area contributed by atoms with Crippen molar-refractivity contribution in [1.29, 1.82) is 0 Å². The second kappa shape index (κ2) is 8.05. The van der Waals surface area contributed by atoms with Gasteiger partial charge in [-0.3, -0.25) is 4.79 Å². The van der Waals surface area contributed by atoms with Gasteiger partial charge in [0.05, 0.1) is 6.04 Å². The molecule has 3 aromatic rings. The first kappa shape index (κ1) is 18.0. The fraction of sp³-hybridized carbons (Fsp3) is 0.261. The quantitative estimate of drug-likeness (QED) is 0.673. The molecule has 0 aliphatic carbocycles. The molecule has 0 bridgehead atoms. The van der Waals surface area contributed by atoms with Crippen molar-refractivity contribution in [3.63, 3.8) is 0 Å². The van der Waals surface area contributed by atoms with E-state index >= 15 is 0 Å². The van der Waals surface area contributed by atoms with Gasteiger partial charge in [0.15, 0.2) is 6.61 Å². The lowest BCUT2D eigenvalue weighted by molar-refractivity contribution is -0.123. The van der Waals surface area contributed by atoms with Gasteiger partial charge in [-0.15, -0.1) is 0 Å². The lowest BCUT2D eigenvalue weighted by Crippen LogP contribution is -2.32. The molecule has 1 atom stereocenters. The summed E-state index contributed by atoms with van der Waals surface area (Å²) in [6.07, 6.45) is 0.839. The van der Waals surface area contributed by atoms with Gasteiger partial charge in [0, 0.05) is 0 Å². The van der Waals surface area contributed by atoms with Crippen LogP contribution in [0.15, 0.2) is 60.7 Å². The molecule has 0 aliphatic rings. The third-order valence-electron chi connectivity index (χ3n) is 4.64. The van der Waals surface area contributed by atoms with E-state index in [4.69, 9.17) is 4.74 Å². The lowest BCUT2D eigenvalue weighted by atomic mass is 9.97. The lowest BCUT2D eigenvalue weighted by Gasteiger charge is -2.20. The summed E-state index contributed by atoms with van der Waals surface area (Å²) in [6, 6.07) is 20.3. The molecule has 1 unspecified atom stereocenters. The molecule has 1 amide bonds. The largest absolute Gasteiger partial charge is 0.484 e. The third kappa shape index (κ3) is 4.23. The fourth-order valence-electron chi connectivity index (χ4n) is 3.26. The van der Waals surface area contributed by atoms with Crippen molar-refractivity contribution >= 4 is 16.7 Å². The molecule has 0 spiro atoms. The number of hydrogen-bond acceptors (Lipinski definition) is 2. The molecule has 134 valence electrons. The molecule has 3 nitrogen and oxygen atoms in total. The zero-order valence-corrected chi connectivity index (χ0v) is 15.6. The van der Waals surface area contributed by atoms with Crippen molar-refractivity contribution in [3.8, 4) is 5.75 Å². The van der Waals surface area contributed by atoms with E-state index in [1.165, 1.54) is 11.1 Å². The molecular weight excluding hydrogens is 322 g/mol. The predicted octanol–water partition coefficient (Wildman–Crippen LogP) is 5.10. The maximum absolute atomic E-state index is 12.4. The van der Waals surface area contributed by atoms with Crippen LogP contribution in [0.4, 0.5) is 0 Å². The van der Waals surface area contributed by atoms with E-state index in [0.717, 1.165) is 22.8 Å². The number of aryl methyl sites for hydroxylation is 2. The van der Waals surface area contributed by atoms with Gasteiger partial charge >= 0.3 is 0 Å². The van der Waals surface area contributed by atoms with Crippen molar-refractivity contribution in [2.75, 3.05) is 6.61 Å². The Morgan fingerprint density at radius 3 is 2.50 bits per heavy atom. The Bertz CT molecular complexity index is 917. The molecule has 0 saturated carbocycles. The highest BCUT2D eigenvalue weighted by molar-refractivity contribution is 5.84. The summed E-state index contributed by atoms with van der Waals surface area (Å²) in [5, 5.41) is 5.35. The molecule has 0 saturated heterocycles. The second-order valence-corrected chi connectivity index (χ2v) is 6.69. The second-order valence-electron chi connectivity index (χ2n) is 6.69. The molecule has 3 rings (SSSR count). The van der Waals surface area contributed by atoms with Gasteiger partial charge in [-0.05, 0) is 54.3 Å². The standard InChI is InChI=1S/C23H25NO2/c1-4-22(21-12-9-16(2)13-17(21)3)24-23(25)15-26-20-11-10-18-7-5-6-8-19(18)14-20/h5-14,22H,4,15H2,1-3H3,(H,24,25). The average molecular weight is 347 g/mol. The maximum atomic E-state index is 12.4. The third-order valence-corrected chi connectivity index (χ3v) is 4.64. The number of amides is 1. The topological polar surface area (TPSA) is 38.3 Å². The van der Waals surface area contributed by atoms with E-state index in [9.17, 15) is 4.79 Å². The molecular formula is C23H25NO2. The number of carbonyl (C=O) groups is 1. The number of benzene rings is 3. The Hall–Kier alpha value is -2.81. The van der Waals surface area contributed by atoms with Gasteiger partial charge in [-0.2, -0.15) is 0 Å². The summed E-state index contributed by atoms with van der Waals surface area (Å²) in [5.74, 6) is 0.600. The summed E-state index contributed by atoms with van der Waals surface area (Å²) in [7, 11) is 0. The Morgan fingerprint density at radius 2 is 1.77 bits per heavy atom. The van der Waals surface area contributed by atoms with Crippen molar-refractivity contribution < 1.29 is 9.53 Å². The van der Waals surface area contributed by atoms with E-state index in [2.05, 4.69) is 50.4 Å². The fourth-order valence-corrected chi connectivity index (χ4v) is 3.26. The summed E-state index contributed by atoms with van der Waals surface area (Å²) >= 11 is 0. The van der Waals surface area contributed by atoms with Gasteiger partial charge in [-0.1, -0.05) is 61.0 Å². The van der Waals surface area contributed by atoms with Crippen LogP contribution < -0.4 is 10.1 Å². The van der Waals surface area contributed by atoms with Crippen molar-refractivity contribution in [1.82, 2.24) is 5.32 Å². The van der Waals surface area contributed by atoms with Crippen LogP contribution >= 0.6 is 0 Å². The molecule has 1 N–H and O–H groups in total. The van der Waals surface area contributed by atoms with Crippen LogP contribution in [0.5, 0.6) is 5.75 Å². The number of ether oxygens (including phenoxy) is 1. The van der Waals surface area contributed by atoms with Crippen LogP contribution in [0.25, 0.3) is 10.8 Å². The molecule has 0 aliphatic heterocycles. The molecule has 0 aromatic heterocycles. The first-order valence-corrected chi connectivity index (χ1v) is 9.05. The molecule has 0 fully saturated rings. The number of rotatable bonds is 6. The highest BCUT2D eigenvalue weighted by Crippen LogP contribution is 2.22. The first-order chi connectivity index (χ1) is 12.6. The van der Waals surface area contributed by atoms with E-state index < -0.39 is 0 Å². The van der Waals surface area contributed by atoms with Crippen LogP contribution in [0.3, 0.4) is 0 Å². The van der Waals surface area contributed by atoms with E-state index in [1.807, 2.05) is 36.4 Å². The summed E-state index contributed by atoms with van der Waals surface area (Å²) in [6.45, 7) is 6.25. The smallest absolute Gasteiger partial charge is 0.258 e. The molecule has 3 heteroatoms. The zero-order chi connectivity index (χ0) is 18.5. The number of nitrogens with one attached hydrogen (secondary N) is 1. The first-order valence-electron chi connectivity index (χ1n) is 9.05. The van der Waals surface area contributed by atoms with Crippen LogP contribution in [0.1, 0.15) is 36.1 Å². The van der Waals surface area contributed by atoms with Gasteiger partial charge in [0.2, 0.25) is 0 Å².